The minimum atomic E-state index is -1.58. The molecule has 14 atom stereocenters. The van der Waals surface area contributed by atoms with Gasteiger partial charge < -0.3 is 42.6 Å². The van der Waals surface area contributed by atoms with Crippen LogP contribution in [-0.4, -0.2) is 118 Å². The fourth-order valence-corrected chi connectivity index (χ4v) is 8.83. The second kappa shape index (κ2) is 21.9. The number of nitrogens with zero attached hydrogens (tertiary/aromatic N) is 6. The van der Waals surface area contributed by atoms with Crippen molar-refractivity contribution in [1.29, 1.82) is 0 Å². The van der Waals surface area contributed by atoms with Crippen LogP contribution >= 0.6 is 23.2 Å². The van der Waals surface area contributed by atoms with Gasteiger partial charge in [0.15, 0.2) is 30.6 Å². The van der Waals surface area contributed by atoms with E-state index in [9.17, 15) is 24.7 Å². The summed E-state index contributed by atoms with van der Waals surface area (Å²) in [5, 5.41) is 11.7. The number of rotatable bonds is 17. The predicted molar refractivity (Wildman–Crippen MR) is 225 cm³/mol. The third kappa shape index (κ3) is 11.3. The van der Waals surface area contributed by atoms with E-state index in [-0.39, 0.29) is 42.6 Å². The van der Waals surface area contributed by atoms with Crippen molar-refractivity contribution in [3.63, 3.8) is 0 Å². The maximum atomic E-state index is 13.4. The highest BCUT2D eigenvalue weighted by atomic mass is 35.5. The first kappa shape index (κ1) is 48.6. The Morgan fingerprint density at radius 2 is 1.41 bits per heavy atom. The Hall–Kier alpha value is -4.85. The van der Waals surface area contributed by atoms with Crippen LogP contribution in [0.2, 0.25) is 0 Å². The highest BCUT2D eigenvalue weighted by Gasteiger charge is 2.59. The summed E-state index contributed by atoms with van der Waals surface area (Å²) < 4.78 is 56.7. The molecule has 0 unspecified atom stereocenters. The molecule has 3 aliphatic rings. The van der Waals surface area contributed by atoms with Crippen LogP contribution in [0.15, 0.2) is 72.0 Å². The van der Waals surface area contributed by atoms with Gasteiger partial charge in [-0.25, -0.2) is 14.3 Å². The first-order chi connectivity index (χ1) is 30.7. The molecule has 3 aromatic rings. The zero-order chi connectivity index (χ0) is 46.1. The van der Waals surface area contributed by atoms with Gasteiger partial charge in [-0.2, -0.15) is 0 Å². The molecule has 0 aliphatic carbocycles. The molecule has 64 heavy (non-hydrogen) atoms. The van der Waals surface area contributed by atoms with Crippen LogP contribution in [0.1, 0.15) is 74.4 Å². The van der Waals surface area contributed by atoms with Gasteiger partial charge in [0.25, 0.3) is 0 Å². The molecule has 0 N–H and O–H groups in total. The average molecular weight is 932 g/mol. The van der Waals surface area contributed by atoms with Crippen LogP contribution < -0.4 is 0 Å². The topological polar surface area (TPSA) is 231 Å². The second-order valence-electron chi connectivity index (χ2n) is 15.9. The zero-order valence-corrected chi connectivity index (χ0v) is 37.7. The third-order valence-electron chi connectivity index (χ3n) is 11.5. The average Bonchev–Trinajstić information content (AvgIpc) is 3.84. The molecule has 346 valence electrons. The SMILES string of the molecule is CC[C@H]1O[C@H](O[C@]2(CCl)O[C@H](Cn3cc(CO[C@@H]4O[C@H](CN=[N+]=[N-])[C@@H](OC(=O)c5ccccc5)[C@H](OC(=O)c5ccccc5)[C@@H]4C)nn3)[C@@H](OC(C)=O)[C@@H]2C)[C@H](OC(C)=O)[C@@H](C)[C@H]1Cl. The number of halogens is 2. The smallest absolute Gasteiger partial charge is 0.338 e. The summed E-state index contributed by atoms with van der Waals surface area (Å²) in [6.07, 6.45) is -6.51. The van der Waals surface area contributed by atoms with Crippen molar-refractivity contribution in [2.75, 3.05) is 12.4 Å². The maximum Gasteiger partial charge on any atom is 0.338 e. The molecule has 1 aromatic heterocycles. The minimum absolute atomic E-state index is 0.0183. The Morgan fingerprint density at radius 3 is 1.98 bits per heavy atom. The lowest BCUT2D eigenvalue weighted by molar-refractivity contribution is -0.348. The van der Waals surface area contributed by atoms with Gasteiger partial charge in [0.05, 0.1) is 60.3 Å². The number of alkyl halides is 2. The highest BCUT2D eigenvalue weighted by Crippen LogP contribution is 2.44. The fourth-order valence-electron chi connectivity index (χ4n) is 8.08. The summed E-state index contributed by atoms with van der Waals surface area (Å²) in [7, 11) is 0. The molecule has 3 aliphatic heterocycles. The van der Waals surface area contributed by atoms with Crippen LogP contribution in [0.5, 0.6) is 0 Å². The molecule has 0 bridgehead atoms. The van der Waals surface area contributed by atoms with Gasteiger partial charge in [0.1, 0.15) is 30.1 Å². The molecule has 2 aromatic carbocycles. The van der Waals surface area contributed by atoms with Gasteiger partial charge >= 0.3 is 23.9 Å². The van der Waals surface area contributed by atoms with Crippen molar-refractivity contribution in [3.8, 4) is 0 Å². The summed E-state index contributed by atoms with van der Waals surface area (Å²) in [4.78, 5) is 54.2. The summed E-state index contributed by atoms with van der Waals surface area (Å²) in [5.41, 5.74) is 10.1. The lowest BCUT2D eigenvalue weighted by Crippen LogP contribution is -2.58. The minimum Gasteiger partial charge on any atom is -0.459 e. The molecule has 4 heterocycles. The van der Waals surface area contributed by atoms with Crippen LogP contribution in [0.4, 0.5) is 0 Å². The molecule has 6 rings (SSSR count). The summed E-state index contributed by atoms with van der Waals surface area (Å²) in [6, 6.07) is 16.6. The number of hydrogen-bond donors (Lipinski definition) is 0. The van der Waals surface area contributed by atoms with E-state index in [2.05, 4.69) is 20.3 Å². The Bertz CT molecular complexity index is 2120. The van der Waals surface area contributed by atoms with Crippen molar-refractivity contribution in [3.05, 3.63) is 94.1 Å². The van der Waals surface area contributed by atoms with E-state index in [1.165, 1.54) is 18.5 Å². The van der Waals surface area contributed by atoms with Gasteiger partial charge in [0.2, 0.25) is 0 Å². The Morgan fingerprint density at radius 1 is 0.812 bits per heavy atom. The van der Waals surface area contributed by atoms with E-state index in [0.717, 1.165) is 0 Å². The van der Waals surface area contributed by atoms with Gasteiger partial charge in [0, 0.05) is 30.6 Å². The summed E-state index contributed by atoms with van der Waals surface area (Å²) in [5.74, 6) is -6.03. The van der Waals surface area contributed by atoms with Gasteiger partial charge in [-0.05, 0) is 36.2 Å². The van der Waals surface area contributed by atoms with Crippen LogP contribution in [0.25, 0.3) is 10.4 Å². The highest BCUT2D eigenvalue weighted by molar-refractivity contribution is 6.21. The number of hydrogen-bond acceptors (Lipinski definition) is 16. The number of ether oxygens (including phenoxy) is 9. The monoisotopic (exact) mass is 930 g/mol. The molecule has 19 nitrogen and oxygen atoms in total. The van der Waals surface area contributed by atoms with E-state index in [1.807, 2.05) is 13.8 Å². The number of carbonyl (C=O) groups excluding carboxylic acids is 4. The Kier molecular flexibility index (Phi) is 16.6. The largest absolute Gasteiger partial charge is 0.459 e. The van der Waals surface area contributed by atoms with Crippen molar-refractivity contribution in [2.45, 2.75) is 128 Å². The van der Waals surface area contributed by atoms with Crippen molar-refractivity contribution >= 4 is 47.1 Å². The van der Waals surface area contributed by atoms with Gasteiger partial charge in [-0.1, -0.05) is 74.4 Å². The molecule has 21 heteroatoms. The lowest BCUT2D eigenvalue weighted by atomic mass is 9.91. The van der Waals surface area contributed by atoms with E-state index >= 15 is 0 Å². The summed E-state index contributed by atoms with van der Waals surface area (Å²) in [6.45, 7) is 9.37. The molecular formula is C43H52Cl2N6O13. The van der Waals surface area contributed by atoms with Crippen LogP contribution in [-0.2, 0) is 65.4 Å². The van der Waals surface area contributed by atoms with Crippen LogP contribution in [0, 0.1) is 17.8 Å². The Balaban J connectivity index is 1.19. The van der Waals surface area contributed by atoms with Crippen LogP contribution in [0.3, 0.4) is 0 Å². The van der Waals surface area contributed by atoms with E-state index < -0.39 is 102 Å². The molecule has 3 fully saturated rings. The number of azide groups is 1. The summed E-state index contributed by atoms with van der Waals surface area (Å²) >= 11 is 13.3. The molecule has 0 amide bonds. The quantitative estimate of drug-likeness (QED) is 0.0369. The Labute approximate surface area is 379 Å². The van der Waals surface area contributed by atoms with Gasteiger partial charge in [-0.3, -0.25) is 9.59 Å². The van der Waals surface area contributed by atoms with Crippen molar-refractivity contribution < 1.29 is 61.8 Å². The first-order valence-corrected chi connectivity index (χ1v) is 21.9. The molecule has 3 saturated heterocycles. The van der Waals surface area contributed by atoms with E-state index in [1.54, 1.807) is 80.7 Å². The standard InChI is InChI=1S/C43H52Cl2N6O13/c1-7-31-34(45)23(2)36(57-26(5)52)42(59-31)64-43(22-44)25(4)37(58-27(6)53)33(63-43)20-51-19-30(48-50-51)21-56-41-24(3)35(61-39(54)28-14-10-8-11-15-28)38(32(60-41)18-47-49-46)62-40(55)29-16-12-9-13-17-29/h8-17,19,23-25,31-38,41-42H,7,18,20-22H2,1-6H3/t23-,24-,25-,31+,32+,33+,34+,35+,36+,37-,38+,41+,42+,43-/m0/s1. The lowest BCUT2D eigenvalue weighted by Gasteiger charge is -2.45. The fraction of sp³-hybridized carbons (Fsp3) is 0.581. The maximum absolute atomic E-state index is 13.4. The number of benzene rings is 2. The number of aromatic nitrogens is 3. The zero-order valence-electron chi connectivity index (χ0n) is 36.1. The first-order valence-electron chi connectivity index (χ1n) is 20.9. The van der Waals surface area contributed by atoms with E-state index in [4.69, 9.17) is 65.8 Å². The second-order valence-corrected chi connectivity index (χ2v) is 16.7. The molecular weight excluding hydrogens is 879 g/mol. The molecule has 0 spiro atoms. The van der Waals surface area contributed by atoms with E-state index in [0.29, 0.717) is 12.1 Å². The molecule has 0 radical (unpaired) electrons. The normalized spacial score (nSPS) is 32.5. The molecule has 0 saturated carbocycles. The predicted octanol–water partition coefficient (Wildman–Crippen LogP) is 6.15. The third-order valence-corrected chi connectivity index (χ3v) is 12.5. The number of esters is 4. The van der Waals surface area contributed by atoms with Crippen molar-refractivity contribution in [1.82, 2.24) is 15.0 Å². The van der Waals surface area contributed by atoms with Crippen molar-refractivity contribution in [2.24, 2.45) is 22.9 Å². The number of carbonyl (C=O) groups is 4. The van der Waals surface area contributed by atoms with Gasteiger partial charge in [-0.15, -0.1) is 28.3 Å².